The van der Waals surface area contributed by atoms with E-state index in [1.807, 2.05) is 0 Å². The van der Waals surface area contributed by atoms with Gasteiger partial charge in [-0.2, -0.15) is 0 Å². The van der Waals surface area contributed by atoms with E-state index in [1.165, 1.54) is 30.4 Å². The van der Waals surface area contributed by atoms with E-state index in [4.69, 9.17) is 32.4 Å². The van der Waals surface area contributed by atoms with E-state index in [-0.39, 0.29) is 22.9 Å². The van der Waals surface area contributed by atoms with Gasteiger partial charge in [-0.15, -0.1) is 0 Å². The maximum Gasteiger partial charge on any atom is 0.349 e. The standard InChI is InChI=1S/C22H17Cl2NO5/c1-12(2)25-21(27)16-10-14-5-6-15(11-19(14)30-22(16)28)29-20(26)8-4-13-3-7-17(23)18(24)9-13/h3-12H,1-2H3,(H,25,27)/b8-4+. The number of nitrogens with one attached hydrogen (secondary N) is 1. The van der Waals surface area contributed by atoms with Gasteiger partial charge in [0.15, 0.2) is 0 Å². The third kappa shape index (κ3) is 5.28. The van der Waals surface area contributed by atoms with Crippen LogP contribution in [0.1, 0.15) is 29.8 Å². The largest absolute Gasteiger partial charge is 0.423 e. The molecule has 1 N–H and O–H groups in total. The summed E-state index contributed by atoms with van der Waals surface area (Å²) in [6.45, 7) is 3.58. The van der Waals surface area contributed by atoms with Crippen LogP contribution in [0.25, 0.3) is 17.0 Å². The lowest BCUT2D eigenvalue weighted by Crippen LogP contribution is -2.33. The van der Waals surface area contributed by atoms with Gasteiger partial charge in [0.25, 0.3) is 5.91 Å². The summed E-state index contributed by atoms with van der Waals surface area (Å²) in [7, 11) is 0. The molecule has 1 amide bonds. The monoisotopic (exact) mass is 445 g/mol. The van der Waals surface area contributed by atoms with Crippen LogP contribution in [0, 0.1) is 0 Å². The van der Waals surface area contributed by atoms with Gasteiger partial charge in [-0.05, 0) is 55.8 Å². The molecule has 0 bridgehead atoms. The maximum absolute atomic E-state index is 12.1. The zero-order valence-electron chi connectivity index (χ0n) is 16.1. The fourth-order valence-corrected chi connectivity index (χ4v) is 2.89. The Labute approximate surface area is 182 Å². The van der Waals surface area contributed by atoms with Gasteiger partial charge in [0, 0.05) is 23.6 Å². The van der Waals surface area contributed by atoms with Crippen LogP contribution < -0.4 is 15.7 Å². The quantitative estimate of drug-likeness (QED) is 0.262. The molecule has 3 aromatic rings. The molecular weight excluding hydrogens is 429 g/mol. The van der Waals surface area contributed by atoms with Gasteiger partial charge in [-0.25, -0.2) is 9.59 Å². The topological polar surface area (TPSA) is 85.6 Å². The number of hydrogen-bond donors (Lipinski definition) is 1. The molecule has 30 heavy (non-hydrogen) atoms. The van der Waals surface area contributed by atoms with Gasteiger partial charge in [0.1, 0.15) is 16.9 Å². The molecule has 1 heterocycles. The molecular formula is C22H17Cl2NO5. The molecule has 0 radical (unpaired) electrons. The number of carbonyl (C=O) groups excluding carboxylic acids is 2. The summed E-state index contributed by atoms with van der Waals surface area (Å²) in [6.07, 6.45) is 2.77. The minimum absolute atomic E-state index is 0.0921. The number of ether oxygens (including phenoxy) is 1. The predicted octanol–water partition coefficient (Wildman–Crippen LogP) is 4.86. The molecule has 0 saturated heterocycles. The van der Waals surface area contributed by atoms with Crippen molar-refractivity contribution in [3.63, 3.8) is 0 Å². The Morgan fingerprint density at radius 3 is 2.53 bits per heavy atom. The molecule has 154 valence electrons. The third-order valence-electron chi connectivity index (χ3n) is 3.95. The van der Waals surface area contributed by atoms with Crippen molar-refractivity contribution < 1.29 is 18.7 Å². The average molecular weight is 446 g/mol. The second-order valence-electron chi connectivity index (χ2n) is 6.70. The summed E-state index contributed by atoms with van der Waals surface area (Å²) >= 11 is 11.8. The minimum Gasteiger partial charge on any atom is -0.423 e. The van der Waals surface area contributed by atoms with Crippen molar-refractivity contribution in [3.8, 4) is 5.75 Å². The smallest absolute Gasteiger partial charge is 0.349 e. The predicted molar refractivity (Wildman–Crippen MR) is 116 cm³/mol. The van der Waals surface area contributed by atoms with Crippen molar-refractivity contribution in [3.05, 3.63) is 80.1 Å². The Morgan fingerprint density at radius 1 is 1.07 bits per heavy atom. The lowest BCUT2D eigenvalue weighted by atomic mass is 10.1. The Kier molecular flexibility index (Phi) is 6.59. The Balaban J connectivity index is 1.77. The van der Waals surface area contributed by atoms with Crippen molar-refractivity contribution in [1.29, 1.82) is 0 Å². The summed E-state index contributed by atoms with van der Waals surface area (Å²) < 4.78 is 10.5. The minimum atomic E-state index is -0.774. The first kappa shape index (κ1) is 21.6. The van der Waals surface area contributed by atoms with Crippen LogP contribution in [-0.4, -0.2) is 17.9 Å². The molecule has 8 heteroatoms. The molecule has 0 atom stereocenters. The third-order valence-corrected chi connectivity index (χ3v) is 4.68. The summed E-state index contributed by atoms with van der Waals surface area (Å²) in [5.41, 5.74) is 0.00654. The van der Waals surface area contributed by atoms with Gasteiger partial charge in [0.2, 0.25) is 0 Å². The fourth-order valence-electron chi connectivity index (χ4n) is 2.58. The first-order chi connectivity index (χ1) is 14.2. The first-order valence-electron chi connectivity index (χ1n) is 8.96. The molecule has 0 aliphatic rings. The van der Waals surface area contributed by atoms with E-state index in [9.17, 15) is 14.4 Å². The Morgan fingerprint density at radius 2 is 1.83 bits per heavy atom. The van der Waals surface area contributed by atoms with Crippen LogP contribution in [0.4, 0.5) is 0 Å². The van der Waals surface area contributed by atoms with Crippen LogP contribution in [-0.2, 0) is 4.79 Å². The highest BCUT2D eigenvalue weighted by Gasteiger charge is 2.15. The normalized spacial score (nSPS) is 11.2. The Bertz CT molecular complexity index is 1210. The van der Waals surface area contributed by atoms with Crippen LogP contribution in [0.15, 0.2) is 57.8 Å². The number of amides is 1. The molecule has 6 nitrogen and oxygen atoms in total. The second-order valence-corrected chi connectivity index (χ2v) is 7.52. The van der Waals surface area contributed by atoms with Crippen LogP contribution in [0.5, 0.6) is 5.75 Å². The SMILES string of the molecule is CC(C)NC(=O)c1cc2ccc(OC(=O)/C=C/c3ccc(Cl)c(Cl)c3)cc2oc1=O. The first-order valence-corrected chi connectivity index (χ1v) is 9.72. The van der Waals surface area contributed by atoms with E-state index >= 15 is 0 Å². The number of hydrogen-bond acceptors (Lipinski definition) is 5. The van der Waals surface area contributed by atoms with Crippen molar-refractivity contribution in [2.75, 3.05) is 0 Å². The van der Waals surface area contributed by atoms with E-state index in [2.05, 4.69) is 5.32 Å². The maximum atomic E-state index is 12.1. The molecule has 1 aromatic heterocycles. The number of esters is 1. The van der Waals surface area contributed by atoms with Crippen LogP contribution >= 0.6 is 23.2 Å². The van der Waals surface area contributed by atoms with Crippen molar-refractivity contribution in [1.82, 2.24) is 5.32 Å². The molecule has 3 rings (SSSR count). The molecule has 0 aliphatic heterocycles. The number of halogens is 2. The Hall–Kier alpha value is -3.09. The second kappa shape index (κ2) is 9.15. The molecule has 0 fully saturated rings. The van der Waals surface area contributed by atoms with Gasteiger partial charge in [0.05, 0.1) is 10.0 Å². The van der Waals surface area contributed by atoms with Gasteiger partial charge in [-0.1, -0.05) is 29.3 Å². The molecule has 2 aromatic carbocycles. The highest BCUT2D eigenvalue weighted by atomic mass is 35.5. The van der Waals surface area contributed by atoms with Crippen molar-refractivity contribution in [2.24, 2.45) is 0 Å². The van der Waals surface area contributed by atoms with E-state index < -0.39 is 17.5 Å². The molecule has 0 spiro atoms. The summed E-state index contributed by atoms with van der Waals surface area (Å²) in [5.74, 6) is -0.951. The number of benzene rings is 2. The highest BCUT2D eigenvalue weighted by Crippen LogP contribution is 2.24. The van der Waals surface area contributed by atoms with Crippen molar-refractivity contribution >= 4 is 52.1 Å². The summed E-state index contributed by atoms with van der Waals surface area (Å²) in [5, 5.41) is 3.96. The van der Waals surface area contributed by atoms with Gasteiger partial charge in [-0.3, -0.25) is 4.79 Å². The van der Waals surface area contributed by atoms with E-state index in [1.54, 1.807) is 38.1 Å². The van der Waals surface area contributed by atoms with Crippen molar-refractivity contribution in [2.45, 2.75) is 19.9 Å². The van der Waals surface area contributed by atoms with Gasteiger partial charge < -0.3 is 14.5 Å². The average Bonchev–Trinajstić information content (AvgIpc) is 2.67. The van der Waals surface area contributed by atoms with Crippen LogP contribution in [0.2, 0.25) is 10.0 Å². The molecule has 0 saturated carbocycles. The molecule has 0 aliphatic carbocycles. The zero-order chi connectivity index (χ0) is 21.8. The fraction of sp³-hybridized carbons (Fsp3) is 0.136. The highest BCUT2D eigenvalue weighted by molar-refractivity contribution is 6.42. The molecule has 0 unspecified atom stereocenters. The van der Waals surface area contributed by atoms with E-state index in [0.717, 1.165) is 0 Å². The lowest BCUT2D eigenvalue weighted by molar-refractivity contribution is -0.128. The summed E-state index contributed by atoms with van der Waals surface area (Å²) in [6, 6.07) is 10.8. The lowest BCUT2D eigenvalue weighted by Gasteiger charge is -2.08. The van der Waals surface area contributed by atoms with Crippen LogP contribution in [0.3, 0.4) is 0 Å². The zero-order valence-corrected chi connectivity index (χ0v) is 17.6. The van der Waals surface area contributed by atoms with Gasteiger partial charge >= 0.3 is 11.6 Å². The number of fused-ring (bicyclic) bond motifs is 1. The number of carbonyl (C=O) groups is 2. The van der Waals surface area contributed by atoms with E-state index in [0.29, 0.717) is 21.0 Å². The number of rotatable bonds is 5. The summed E-state index contributed by atoms with van der Waals surface area (Å²) in [4.78, 5) is 36.3.